The Morgan fingerprint density at radius 3 is 0.480 bits per heavy atom. The second-order valence-electron chi connectivity index (χ2n) is 28.3. The predicted octanol–water partition coefficient (Wildman–Crippen LogP) is 20.8. The van der Waals surface area contributed by atoms with Crippen LogP contribution in [0.3, 0.4) is 0 Å². The number of nitrogens with zero attached hydrogens (tertiary/aromatic N) is 9. The van der Waals surface area contributed by atoms with Gasteiger partial charge in [0, 0.05) is 115 Å². The molecule has 9 nitrogen and oxygen atoms in total. The van der Waals surface area contributed by atoms with Gasteiger partial charge in [-0.25, -0.2) is 0 Å². The van der Waals surface area contributed by atoms with Crippen molar-refractivity contribution in [3.8, 4) is 0 Å². The van der Waals surface area contributed by atoms with E-state index in [1.165, 1.54) is 66.8 Å². The average Bonchev–Trinajstić information content (AvgIpc) is 0.846. The van der Waals surface area contributed by atoms with Crippen LogP contribution in [0.5, 0.6) is 0 Å². The second-order valence-corrected chi connectivity index (χ2v) is 28.3. The molecule has 1 aliphatic heterocycles. The molecule has 12 bridgehead atoms. The molecule has 0 spiro atoms. The van der Waals surface area contributed by atoms with E-state index >= 15 is 0 Å². The summed E-state index contributed by atoms with van der Waals surface area (Å²) in [7, 11) is 0. The van der Waals surface area contributed by atoms with E-state index in [0.29, 0.717) is 39.3 Å². The highest BCUT2D eigenvalue weighted by Gasteiger charge is 2.26. The molecule has 0 radical (unpaired) electrons. The van der Waals surface area contributed by atoms with Crippen molar-refractivity contribution >= 4 is 0 Å². The van der Waals surface area contributed by atoms with Gasteiger partial charge < -0.3 is 0 Å². The molecular formula is C93H99N9. The molecule has 6 atom stereocenters. The standard InChI is InChI=1S/C93H99N9/c1-70(82-37-13-7-14-38-82)97-58-76-31-25-32-77(55-76)59-98(71(2)83-39-15-8-16-40-83)66-90-51-29-52-91(95-90)67-101(74(5)86-45-21-11-22-46-86)62-80-35-27-36-81(57-80)63-102(75(6)87-47-23-12-24-48-87)69-93-54-30-53-92(96-93)68-100(73(4)85-43-19-10-20-44-85)61-79-34-26-33-78(56-79)60-99(72(3)84-41-17-9-18-42-84)65-89-50-28-49-88(64-97)94-89/h7-57,70-75H,58-69H2,1-6H3/t70-,71-,72-,73-,74-,75-/m0/s1. The molecule has 0 N–H and O–H groups in total. The van der Waals surface area contributed by atoms with Crippen molar-refractivity contribution in [1.82, 2.24) is 44.4 Å². The lowest BCUT2D eigenvalue weighted by molar-refractivity contribution is 0.180. The van der Waals surface area contributed by atoms with Crippen molar-refractivity contribution < 1.29 is 0 Å². The largest absolute Gasteiger partial charge is 0.287 e. The molecule has 13 rings (SSSR count). The van der Waals surface area contributed by atoms with Gasteiger partial charge in [-0.3, -0.25) is 44.4 Å². The van der Waals surface area contributed by atoms with Crippen LogP contribution in [0.2, 0.25) is 0 Å². The number of rotatable bonds is 12. The van der Waals surface area contributed by atoms with Crippen LogP contribution in [-0.2, 0) is 78.5 Å². The third kappa shape index (κ3) is 19.0. The molecule has 3 aromatic heterocycles. The Balaban J connectivity index is 0.881. The number of pyridine rings is 3. The molecule has 0 saturated heterocycles. The number of hydrogen-bond acceptors (Lipinski definition) is 9. The summed E-state index contributed by atoms with van der Waals surface area (Å²) in [5, 5.41) is 0. The van der Waals surface area contributed by atoms with Crippen LogP contribution in [0.4, 0.5) is 0 Å². The van der Waals surface area contributed by atoms with Gasteiger partial charge in [0.05, 0.1) is 34.2 Å². The van der Waals surface area contributed by atoms with E-state index < -0.39 is 0 Å². The van der Waals surface area contributed by atoms with Crippen LogP contribution in [-0.4, -0.2) is 44.4 Å². The van der Waals surface area contributed by atoms with Crippen LogP contribution in [0.1, 0.15) is 179 Å². The number of fused-ring (bicyclic) bond motifs is 12. The molecule has 12 aromatic rings. The zero-order chi connectivity index (χ0) is 70.0. The van der Waals surface area contributed by atoms with Gasteiger partial charge in [-0.05, 0) is 145 Å². The van der Waals surface area contributed by atoms with Crippen molar-refractivity contribution in [2.75, 3.05) is 0 Å². The van der Waals surface area contributed by atoms with Gasteiger partial charge in [0.25, 0.3) is 0 Å². The Labute approximate surface area is 607 Å². The maximum Gasteiger partial charge on any atom is 0.0548 e. The fourth-order valence-corrected chi connectivity index (χ4v) is 14.9. The Morgan fingerprint density at radius 1 is 0.176 bits per heavy atom. The zero-order valence-electron chi connectivity index (χ0n) is 60.4. The van der Waals surface area contributed by atoms with Crippen molar-refractivity contribution in [3.05, 3.63) is 410 Å². The van der Waals surface area contributed by atoms with Gasteiger partial charge in [0.15, 0.2) is 0 Å². The van der Waals surface area contributed by atoms with Crippen LogP contribution in [0, 0.1) is 0 Å². The maximum atomic E-state index is 5.57. The molecule has 0 saturated carbocycles. The molecule has 4 heterocycles. The summed E-state index contributed by atoms with van der Waals surface area (Å²) in [6.07, 6.45) is 0. The summed E-state index contributed by atoms with van der Waals surface area (Å²) >= 11 is 0. The highest BCUT2D eigenvalue weighted by Crippen LogP contribution is 2.33. The number of benzene rings is 9. The quantitative estimate of drug-likeness (QED) is 0.119. The maximum absolute atomic E-state index is 5.57. The summed E-state index contributed by atoms with van der Waals surface area (Å²) in [4.78, 5) is 32.3. The summed E-state index contributed by atoms with van der Waals surface area (Å²) < 4.78 is 0. The van der Waals surface area contributed by atoms with Crippen LogP contribution < -0.4 is 0 Å². The Hall–Kier alpha value is -9.81. The monoisotopic (exact) mass is 1340 g/mol. The lowest BCUT2D eigenvalue weighted by Crippen LogP contribution is -2.29. The minimum atomic E-state index is 0.116. The van der Waals surface area contributed by atoms with E-state index in [1.54, 1.807) is 0 Å². The van der Waals surface area contributed by atoms with Gasteiger partial charge in [-0.15, -0.1) is 0 Å². The Bertz CT molecular complexity index is 3660. The summed E-state index contributed by atoms with van der Waals surface area (Å²) in [5.41, 5.74) is 21.6. The van der Waals surface area contributed by atoms with Crippen molar-refractivity contribution in [1.29, 1.82) is 0 Å². The van der Waals surface area contributed by atoms with E-state index in [-0.39, 0.29) is 36.3 Å². The zero-order valence-corrected chi connectivity index (χ0v) is 60.4. The topological polar surface area (TPSA) is 58.1 Å². The minimum Gasteiger partial charge on any atom is -0.287 e. The summed E-state index contributed by atoms with van der Waals surface area (Å²) in [6, 6.07) is 114. The van der Waals surface area contributed by atoms with Crippen molar-refractivity contribution in [2.45, 2.75) is 156 Å². The van der Waals surface area contributed by atoms with Crippen LogP contribution >= 0.6 is 0 Å². The molecule has 516 valence electrons. The smallest absolute Gasteiger partial charge is 0.0548 e. The molecule has 9 heteroatoms. The molecule has 0 unspecified atom stereocenters. The molecule has 1 aliphatic rings. The van der Waals surface area contributed by atoms with Crippen molar-refractivity contribution in [3.63, 3.8) is 0 Å². The summed E-state index contributed by atoms with van der Waals surface area (Å²) in [6.45, 7) is 22.7. The lowest BCUT2D eigenvalue weighted by atomic mass is 10.0. The molecule has 0 aliphatic carbocycles. The van der Waals surface area contributed by atoms with E-state index in [1.807, 2.05) is 0 Å². The average molecular weight is 1340 g/mol. The molecule has 9 aromatic carbocycles. The second kappa shape index (κ2) is 34.7. The first-order valence-corrected chi connectivity index (χ1v) is 36.8. The minimum absolute atomic E-state index is 0.116. The molecular weight excluding hydrogens is 1240 g/mol. The van der Waals surface area contributed by atoms with E-state index in [9.17, 15) is 0 Å². The van der Waals surface area contributed by atoms with E-state index in [2.05, 4.69) is 380 Å². The number of hydrogen-bond donors (Lipinski definition) is 0. The van der Waals surface area contributed by atoms with Crippen molar-refractivity contribution in [2.24, 2.45) is 0 Å². The molecule has 0 amide bonds. The first kappa shape index (κ1) is 70.6. The molecule has 0 fully saturated rings. The summed E-state index contributed by atoms with van der Waals surface area (Å²) in [5.74, 6) is 0. The van der Waals surface area contributed by atoms with Gasteiger partial charge in [0.1, 0.15) is 0 Å². The predicted molar refractivity (Wildman–Crippen MR) is 417 cm³/mol. The Kier molecular flexibility index (Phi) is 24.0. The SMILES string of the molecule is C[C@@H](c1ccccc1)N1Cc2cccc(c2)CN([C@@H](C)c2ccccc2)Cc2cccc(n2)CN([C@@H](C)c2ccccc2)Cc2cccc(c2)CN([C@@H](C)c2ccccc2)Cc2cccc(n2)CN([C@@H](C)c2ccccc2)Cc2cccc(c2)CN([C@@H](C)c2ccccc2)Cc2cccc(n2)C1. The lowest BCUT2D eigenvalue weighted by Gasteiger charge is -2.32. The first-order valence-electron chi connectivity index (χ1n) is 36.8. The highest BCUT2D eigenvalue weighted by molar-refractivity contribution is 5.32. The fraction of sp³-hybridized carbons (Fsp3) is 0.258. The van der Waals surface area contributed by atoms with Crippen LogP contribution in [0.25, 0.3) is 0 Å². The third-order valence-electron chi connectivity index (χ3n) is 21.1. The van der Waals surface area contributed by atoms with Gasteiger partial charge in [-0.2, -0.15) is 0 Å². The molecule has 102 heavy (non-hydrogen) atoms. The van der Waals surface area contributed by atoms with Gasteiger partial charge in [0.2, 0.25) is 0 Å². The first-order chi connectivity index (χ1) is 50.0. The van der Waals surface area contributed by atoms with Gasteiger partial charge in [-0.1, -0.05) is 273 Å². The third-order valence-corrected chi connectivity index (χ3v) is 21.1. The Morgan fingerprint density at radius 2 is 0.324 bits per heavy atom. The normalized spacial score (nSPS) is 16.8. The van der Waals surface area contributed by atoms with E-state index in [4.69, 9.17) is 15.0 Å². The number of aromatic nitrogens is 3. The van der Waals surface area contributed by atoms with Crippen LogP contribution in [0.15, 0.2) is 309 Å². The highest BCUT2D eigenvalue weighted by atomic mass is 15.2. The fourth-order valence-electron chi connectivity index (χ4n) is 14.9. The van der Waals surface area contributed by atoms with Gasteiger partial charge >= 0.3 is 0 Å². The van der Waals surface area contributed by atoms with E-state index in [0.717, 1.165) is 73.4 Å².